The van der Waals surface area contributed by atoms with Crippen molar-refractivity contribution in [3.63, 3.8) is 0 Å². The Morgan fingerprint density at radius 3 is 2.33 bits per heavy atom. The van der Waals surface area contributed by atoms with Crippen LogP contribution < -0.4 is 11.2 Å². The molecule has 0 unspecified atom stereocenters. The zero-order valence-electron chi connectivity index (χ0n) is 15.9. The molecule has 0 fully saturated rings. The van der Waals surface area contributed by atoms with Crippen LogP contribution in [0.3, 0.4) is 0 Å². The topological polar surface area (TPSA) is 61.8 Å². The number of alkyl halides is 3. The Kier molecular flexibility index (Phi) is 4.81. The summed E-state index contributed by atoms with van der Waals surface area (Å²) in [5.74, 6) is 0. The second-order valence-electron chi connectivity index (χ2n) is 6.96. The Hall–Kier alpha value is -3.62. The lowest BCUT2D eigenvalue weighted by atomic mass is 10.1. The quantitative estimate of drug-likeness (QED) is 0.516. The normalized spacial score (nSPS) is 11.9. The number of fused-ring (bicyclic) bond motifs is 1. The fraction of sp³-hybridized carbons (Fsp3) is 0.190. The summed E-state index contributed by atoms with van der Waals surface area (Å²) in [5.41, 5.74) is -0.491. The highest BCUT2D eigenvalue weighted by Crippen LogP contribution is 2.29. The third-order valence-electron chi connectivity index (χ3n) is 4.89. The molecule has 2 heterocycles. The lowest BCUT2D eigenvalue weighted by molar-refractivity contribution is -0.137. The maximum absolute atomic E-state index is 13.1. The molecule has 4 rings (SSSR count). The summed E-state index contributed by atoms with van der Waals surface area (Å²) in [6.07, 6.45) is -3.03. The van der Waals surface area contributed by atoms with Crippen molar-refractivity contribution in [1.82, 2.24) is 18.7 Å². The number of rotatable bonds is 4. The lowest BCUT2D eigenvalue weighted by Gasteiger charge is -2.12. The summed E-state index contributed by atoms with van der Waals surface area (Å²) >= 11 is 0. The standard InChI is InChI=1S/C21H17F3N4O2/c1-26-18-17(27(13-25-18)11-14-6-3-2-4-7-14)19(29)28(20(26)30)12-15-8-5-9-16(10-15)21(22,23)24/h2-10,13H,11-12H2,1H3. The predicted octanol–water partition coefficient (Wildman–Crippen LogP) is 3.01. The summed E-state index contributed by atoms with van der Waals surface area (Å²) in [4.78, 5) is 30.0. The fourth-order valence-electron chi connectivity index (χ4n) is 3.39. The molecular weight excluding hydrogens is 397 g/mol. The second-order valence-corrected chi connectivity index (χ2v) is 6.96. The number of nitrogens with zero attached hydrogens (tertiary/aromatic N) is 4. The van der Waals surface area contributed by atoms with E-state index in [1.54, 1.807) is 4.57 Å². The van der Waals surface area contributed by atoms with Crippen LogP contribution in [-0.4, -0.2) is 18.7 Å². The van der Waals surface area contributed by atoms with Crippen LogP contribution in [0.5, 0.6) is 0 Å². The Morgan fingerprint density at radius 2 is 1.63 bits per heavy atom. The average molecular weight is 414 g/mol. The largest absolute Gasteiger partial charge is 0.416 e. The van der Waals surface area contributed by atoms with Crippen molar-refractivity contribution < 1.29 is 13.2 Å². The van der Waals surface area contributed by atoms with E-state index in [0.717, 1.165) is 22.3 Å². The third kappa shape index (κ3) is 3.54. The molecule has 30 heavy (non-hydrogen) atoms. The molecule has 0 aliphatic heterocycles. The first-order chi connectivity index (χ1) is 14.3. The Morgan fingerprint density at radius 1 is 0.933 bits per heavy atom. The zero-order valence-corrected chi connectivity index (χ0v) is 15.9. The highest BCUT2D eigenvalue weighted by Gasteiger charge is 2.30. The molecule has 0 aliphatic carbocycles. The van der Waals surface area contributed by atoms with Crippen LogP contribution >= 0.6 is 0 Å². The minimum Gasteiger partial charge on any atom is -0.320 e. The number of halogens is 3. The SMILES string of the molecule is Cn1c(=O)n(Cc2cccc(C(F)(F)F)c2)c(=O)c2c1ncn2Cc1ccccc1. The van der Waals surface area contributed by atoms with Crippen molar-refractivity contribution in [3.8, 4) is 0 Å². The summed E-state index contributed by atoms with van der Waals surface area (Å²) in [5, 5.41) is 0. The van der Waals surface area contributed by atoms with Gasteiger partial charge >= 0.3 is 11.9 Å². The maximum atomic E-state index is 13.1. The molecule has 0 saturated carbocycles. The minimum atomic E-state index is -4.51. The van der Waals surface area contributed by atoms with E-state index in [1.807, 2.05) is 30.3 Å². The Balaban J connectivity index is 1.82. The molecule has 0 atom stereocenters. The van der Waals surface area contributed by atoms with Gasteiger partial charge in [0.25, 0.3) is 5.56 Å². The molecule has 0 bridgehead atoms. The number of aryl methyl sites for hydroxylation is 1. The number of imidazole rings is 1. The van der Waals surface area contributed by atoms with Gasteiger partial charge in [0.2, 0.25) is 0 Å². The van der Waals surface area contributed by atoms with Gasteiger partial charge in [-0.05, 0) is 23.3 Å². The van der Waals surface area contributed by atoms with Gasteiger partial charge in [0, 0.05) is 13.6 Å². The van der Waals surface area contributed by atoms with Gasteiger partial charge in [-0.1, -0.05) is 42.5 Å². The van der Waals surface area contributed by atoms with Crippen LogP contribution in [0.15, 0.2) is 70.5 Å². The first kappa shape index (κ1) is 19.7. The molecule has 0 radical (unpaired) electrons. The lowest BCUT2D eigenvalue weighted by Crippen LogP contribution is -2.40. The van der Waals surface area contributed by atoms with Crippen molar-refractivity contribution in [2.75, 3.05) is 0 Å². The third-order valence-corrected chi connectivity index (χ3v) is 4.89. The van der Waals surface area contributed by atoms with Crippen LogP contribution in [-0.2, 0) is 26.3 Å². The van der Waals surface area contributed by atoms with Gasteiger partial charge in [0.05, 0.1) is 18.4 Å². The van der Waals surface area contributed by atoms with Gasteiger partial charge in [0.1, 0.15) is 0 Å². The highest BCUT2D eigenvalue weighted by atomic mass is 19.4. The van der Waals surface area contributed by atoms with Crippen LogP contribution in [0.2, 0.25) is 0 Å². The van der Waals surface area contributed by atoms with E-state index in [2.05, 4.69) is 4.98 Å². The summed E-state index contributed by atoms with van der Waals surface area (Å²) in [6, 6.07) is 14.0. The van der Waals surface area contributed by atoms with Gasteiger partial charge in [-0.3, -0.25) is 13.9 Å². The molecule has 2 aromatic heterocycles. The maximum Gasteiger partial charge on any atom is 0.416 e. The number of hydrogen-bond donors (Lipinski definition) is 0. The molecular formula is C21H17F3N4O2. The molecule has 6 nitrogen and oxygen atoms in total. The average Bonchev–Trinajstić information content (AvgIpc) is 3.14. The van der Waals surface area contributed by atoms with Crippen molar-refractivity contribution in [2.45, 2.75) is 19.3 Å². The summed E-state index contributed by atoms with van der Waals surface area (Å²) < 4.78 is 42.8. The van der Waals surface area contributed by atoms with Crippen LogP contribution in [0.1, 0.15) is 16.7 Å². The van der Waals surface area contributed by atoms with Crippen LogP contribution in [0.25, 0.3) is 11.2 Å². The van der Waals surface area contributed by atoms with Gasteiger partial charge < -0.3 is 4.57 Å². The summed E-state index contributed by atoms with van der Waals surface area (Å²) in [7, 11) is 1.48. The molecule has 9 heteroatoms. The molecule has 0 spiro atoms. The van der Waals surface area contributed by atoms with Crippen LogP contribution in [0, 0.1) is 0 Å². The molecule has 0 amide bonds. The predicted molar refractivity (Wildman–Crippen MR) is 105 cm³/mol. The Labute approximate surface area is 168 Å². The van der Waals surface area contributed by atoms with E-state index in [1.165, 1.54) is 30.1 Å². The van der Waals surface area contributed by atoms with E-state index >= 15 is 0 Å². The van der Waals surface area contributed by atoms with Gasteiger partial charge in [0.15, 0.2) is 11.2 Å². The first-order valence-electron chi connectivity index (χ1n) is 9.10. The minimum absolute atomic E-state index is 0.206. The highest BCUT2D eigenvalue weighted by molar-refractivity contribution is 5.70. The van der Waals surface area contributed by atoms with Crippen molar-refractivity contribution >= 4 is 11.2 Å². The number of aromatic nitrogens is 4. The molecule has 2 aromatic carbocycles. The van der Waals surface area contributed by atoms with Crippen LogP contribution in [0.4, 0.5) is 13.2 Å². The van der Waals surface area contributed by atoms with E-state index in [4.69, 9.17) is 0 Å². The smallest absolute Gasteiger partial charge is 0.320 e. The van der Waals surface area contributed by atoms with Gasteiger partial charge in [-0.15, -0.1) is 0 Å². The monoisotopic (exact) mass is 414 g/mol. The molecule has 0 aliphatic rings. The number of benzene rings is 2. The van der Waals surface area contributed by atoms with Crippen molar-refractivity contribution in [3.05, 3.63) is 98.5 Å². The fourth-order valence-corrected chi connectivity index (χ4v) is 3.39. The first-order valence-corrected chi connectivity index (χ1v) is 9.10. The molecule has 0 N–H and O–H groups in total. The van der Waals surface area contributed by atoms with Gasteiger partial charge in [-0.25, -0.2) is 9.78 Å². The number of hydrogen-bond acceptors (Lipinski definition) is 3. The van der Waals surface area contributed by atoms with Gasteiger partial charge in [-0.2, -0.15) is 13.2 Å². The van der Waals surface area contributed by atoms with E-state index < -0.39 is 23.0 Å². The molecule has 4 aromatic rings. The Bertz CT molecular complexity index is 1330. The second kappa shape index (κ2) is 7.33. The van der Waals surface area contributed by atoms with E-state index in [-0.39, 0.29) is 23.3 Å². The van der Waals surface area contributed by atoms with E-state index in [0.29, 0.717) is 6.54 Å². The zero-order chi connectivity index (χ0) is 21.5. The van der Waals surface area contributed by atoms with E-state index in [9.17, 15) is 22.8 Å². The van der Waals surface area contributed by atoms with Crippen molar-refractivity contribution in [2.24, 2.45) is 7.05 Å². The summed E-state index contributed by atoms with van der Waals surface area (Å²) in [6.45, 7) is 0.0935. The molecule has 154 valence electrons. The molecule has 0 saturated heterocycles. The van der Waals surface area contributed by atoms with Crippen molar-refractivity contribution in [1.29, 1.82) is 0 Å².